The van der Waals surface area contributed by atoms with Crippen LogP contribution in [0.25, 0.3) is 0 Å². The molecular formula is C30H22O10. The van der Waals surface area contributed by atoms with Gasteiger partial charge in [-0.15, -0.1) is 0 Å². The Labute approximate surface area is 226 Å². The second kappa shape index (κ2) is 9.12. The Bertz CT molecular complexity index is 1570. The fourth-order valence-corrected chi connectivity index (χ4v) is 5.37. The van der Waals surface area contributed by atoms with Gasteiger partial charge in [-0.1, -0.05) is 12.1 Å². The van der Waals surface area contributed by atoms with Crippen LogP contribution in [0.5, 0.6) is 46.0 Å². The number of ketones is 2. The van der Waals surface area contributed by atoms with Gasteiger partial charge in [-0.2, -0.15) is 0 Å². The van der Waals surface area contributed by atoms with E-state index in [-0.39, 0.29) is 45.3 Å². The number of carbonyl (C=O) groups excluding carboxylic acids is 2. The van der Waals surface area contributed by atoms with Crippen LogP contribution in [0, 0.1) is 11.8 Å². The molecule has 0 amide bonds. The molecule has 10 nitrogen and oxygen atoms in total. The second-order valence-electron chi connectivity index (χ2n) is 9.71. The average molecular weight is 542 g/mol. The van der Waals surface area contributed by atoms with E-state index in [0.717, 1.165) is 0 Å². The molecule has 4 aromatic rings. The SMILES string of the molecule is O=C1c2ccc(O)cc2OC(c2ccc(O)c(O)c2)C1C1C(=O)c2ccc(O)cc2OC1c1ccc(O)c(O)c1. The highest BCUT2D eigenvalue weighted by Gasteiger charge is 2.52. The normalized spacial score (nSPS) is 21.6. The van der Waals surface area contributed by atoms with Crippen LogP contribution in [-0.2, 0) is 0 Å². The maximum Gasteiger partial charge on any atom is 0.174 e. The number of aromatic hydroxyl groups is 6. The molecule has 0 radical (unpaired) electrons. The van der Waals surface area contributed by atoms with Crippen molar-refractivity contribution < 1.29 is 49.7 Å². The van der Waals surface area contributed by atoms with E-state index in [1.54, 1.807) is 0 Å². The molecule has 2 aliphatic rings. The molecule has 0 saturated heterocycles. The number of fused-ring (bicyclic) bond motifs is 2. The summed E-state index contributed by atoms with van der Waals surface area (Å²) >= 11 is 0. The molecule has 40 heavy (non-hydrogen) atoms. The van der Waals surface area contributed by atoms with Gasteiger partial charge in [-0.25, -0.2) is 0 Å². The average Bonchev–Trinajstić information content (AvgIpc) is 2.92. The van der Waals surface area contributed by atoms with E-state index in [4.69, 9.17) is 9.47 Å². The van der Waals surface area contributed by atoms with Gasteiger partial charge in [0.2, 0.25) is 0 Å². The van der Waals surface area contributed by atoms with Gasteiger partial charge < -0.3 is 40.1 Å². The molecule has 2 heterocycles. The molecule has 4 unspecified atom stereocenters. The number of ether oxygens (including phenoxy) is 2. The van der Waals surface area contributed by atoms with Crippen molar-refractivity contribution in [1.82, 2.24) is 0 Å². The third-order valence-corrected chi connectivity index (χ3v) is 7.27. The van der Waals surface area contributed by atoms with E-state index < -0.39 is 58.6 Å². The van der Waals surface area contributed by atoms with E-state index in [0.29, 0.717) is 0 Å². The summed E-state index contributed by atoms with van der Waals surface area (Å²) in [5.41, 5.74) is 0.746. The quantitative estimate of drug-likeness (QED) is 0.203. The maximum absolute atomic E-state index is 14.2. The minimum absolute atomic E-state index is 0.0622. The van der Waals surface area contributed by atoms with Crippen LogP contribution in [0.4, 0.5) is 0 Å². The molecule has 0 aliphatic carbocycles. The molecule has 0 spiro atoms. The topological polar surface area (TPSA) is 174 Å². The largest absolute Gasteiger partial charge is 0.508 e. The fraction of sp³-hybridized carbons (Fsp3) is 0.133. The fourth-order valence-electron chi connectivity index (χ4n) is 5.37. The Morgan fingerprint density at radius 1 is 0.475 bits per heavy atom. The van der Waals surface area contributed by atoms with Crippen LogP contribution < -0.4 is 9.47 Å². The van der Waals surface area contributed by atoms with Crippen LogP contribution in [0.3, 0.4) is 0 Å². The summed E-state index contributed by atoms with van der Waals surface area (Å²) in [6, 6.07) is 15.7. The zero-order chi connectivity index (χ0) is 28.3. The van der Waals surface area contributed by atoms with Gasteiger partial charge in [-0.05, 0) is 59.7 Å². The first kappa shape index (κ1) is 24.9. The summed E-state index contributed by atoms with van der Waals surface area (Å²) in [4.78, 5) is 28.3. The molecule has 10 heteroatoms. The van der Waals surface area contributed by atoms with Gasteiger partial charge in [0, 0.05) is 12.1 Å². The first-order valence-electron chi connectivity index (χ1n) is 12.2. The Morgan fingerprint density at radius 2 is 0.875 bits per heavy atom. The molecule has 2 aliphatic heterocycles. The van der Waals surface area contributed by atoms with Gasteiger partial charge in [0.05, 0.1) is 23.0 Å². The van der Waals surface area contributed by atoms with Gasteiger partial charge >= 0.3 is 0 Å². The van der Waals surface area contributed by atoms with Gasteiger partial charge in [0.25, 0.3) is 0 Å². The summed E-state index contributed by atoms with van der Waals surface area (Å²) in [5.74, 6) is -5.44. The molecular weight excluding hydrogens is 520 g/mol. The van der Waals surface area contributed by atoms with E-state index in [1.165, 1.54) is 72.8 Å². The van der Waals surface area contributed by atoms with Crippen molar-refractivity contribution in [3.8, 4) is 46.0 Å². The third-order valence-electron chi connectivity index (χ3n) is 7.27. The lowest BCUT2D eigenvalue weighted by atomic mass is 9.70. The molecule has 0 bridgehead atoms. The van der Waals surface area contributed by atoms with Gasteiger partial charge in [0.1, 0.15) is 35.2 Å². The molecule has 0 saturated carbocycles. The second-order valence-corrected chi connectivity index (χ2v) is 9.71. The molecule has 4 atom stereocenters. The number of rotatable bonds is 3. The highest BCUT2D eigenvalue weighted by molar-refractivity contribution is 6.09. The van der Waals surface area contributed by atoms with Crippen LogP contribution in [0.1, 0.15) is 44.1 Å². The number of hydrogen-bond donors (Lipinski definition) is 6. The summed E-state index contributed by atoms with van der Waals surface area (Å²) in [6.07, 6.45) is -2.37. The number of benzene rings is 4. The smallest absolute Gasteiger partial charge is 0.174 e. The number of carbonyl (C=O) groups is 2. The minimum Gasteiger partial charge on any atom is -0.508 e. The third kappa shape index (κ3) is 3.97. The van der Waals surface area contributed by atoms with E-state index in [1.807, 2.05) is 0 Å². The van der Waals surface area contributed by atoms with Crippen molar-refractivity contribution in [2.75, 3.05) is 0 Å². The zero-order valence-corrected chi connectivity index (χ0v) is 20.6. The van der Waals surface area contributed by atoms with E-state index in [9.17, 15) is 40.2 Å². The van der Waals surface area contributed by atoms with Crippen molar-refractivity contribution in [2.45, 2.75) is 12.2 Å². The number of phenols is 6. The summed E-state index contributed by atoms with van der Waals surface area (Å²) < 4.78 is 12.4. The number of phenolic OH excluding ortho intramolecular Hbond substituents is 6. The van der Waals surface area contributed by atoms with Crippen LogP contribution in [0.15, 0.2) is 72.8 Å². The monoisotopic (exact) mass is 542 g/mol. The highest BCUT2D eigenvalue weighted by atomic mass is 16.5. The Hall–Kier alpha value is -5.38. The first-order chi connectivity index (χ1) is 19.1. The Kier molecular flexibility index (Phi) is 5.69. The Balaban J connectivity index is 1.57. The van der Waals surface area contributed by atoms with E-state index >= 15 is 0 Å². The number of hydrogen-bond acceptors (Lipinski definition) is 10. The highest BCUT2D eigenvalue weighted by Crippen LogP contribution is 2.52. The van der Waals surface area contributed by atoms with Crippen molar-refractivity contribution in [3.63, 3.8) is 0 Å². The maximum atomic E-state index is 14.2. The van der Waals surface area contributed by atoms with Crippen molar-refractivity contribution in [1.29, 1.82) is 0 Å². The molecule has 0 aromatic heterocycles. The summed E-state index contributed by atoms with van der Waals surface area (Å²) in [6.45, 7) is 0. The lowest BCUT2D eigenvalue weighted by molar-refractivity contribution is 0.0135. The first-order valence-corrected chi connectivity index (χ1v) is 12.2. The molecule has 202 valence electrons. The minimum atomic E-state index is -1.25. The zero-order valence-electron chi connectivity index (χ0n) is 20.6. The predicted molar refractivity (Wildman–Crippen MR) is 138 cm³/mol. The molecule has 6 rings (SSSR count). The van der Waals surface area contributed by atoms with Gasteiger partial charge in [0.15, 0.2) is 34.6 Å². The molecule has 4 aromatic carbocycles. The number of Topliss-reactive ketones (excluding diaryl/α,β-unsaturated/α-hetero) is 2. The van der Waals surface area contributed by atoms with Crippen LogP contribution >= 0.6 is 0 Å². The van der Waals surface area contributed by atoms with Crippen molar-refractivity contribution in [2.24, 2.45) is 11.8 Å². The Morgan fingerprint density at radius 3 is 1.25 bits per heavy atom. The lowest BCUT2D eigenvalue weighted by Gasteiger charge is -2.42. The van der Waals surface area contributed by atoms with E-state index in [2.05, 4.69) is 0 Å². The van der Waals surface area contributed by atoms with Gasteiger partial charge in [-0.3, -0.25) is 9.59 Å². The molecule has 0 fully saturated rings. The lowest BCUT2D eigenvalue weighted by Crippen LogP contribution is -2.45. The molecule has 6 N–H and O–H groups in total. The van der Waals surface area contributed by atoms with Crippen molar-refractivity contribution in [3.05, 3.63) is 95.1 Å². The summed E-state index contributed by atoms with van der Waals surface area (Å²) in [7, 11) is 0. The predicted octanol–water partition coefficient (Wildman–Crippen LogP) is 4.49. The van der Waals surface area contributed by atoms with Crippen molar-refractivity contribution >= 4 is 11.6 Å². The standard InChI is InChI=1S/C30H22O10/c31-15-3-5-17-23(11-15)39-29(13-1-7-19(33)21(35)9-13)25(27(17)37)26-28(38)18-6-4-16(32)12-24(18)40-30(26)14-2-8-20(34)22(36)10-14/h1-12,25-26,29-36H. The van der Waals surface area contributed by atoms with Crippen LogP contribution in [-0.4, -0.2) is 42.2 Å². The summed E-state index contributed by atoms with van der Waals surface area (Å²) in [5, 5.41) is 60.3. The van der Waals surface area contributed by atoms with Crippen LogP contribution in [0.2, 0.25) is 0 Å².